The highest BCUT2D eigenvalue weighted by Gasteiger charge is 2.15. The zero-order valence-corrected chi connectivity index (χ0v) is 11.7. The summed E-state index contributed by atoms with van der Waals surface area (Å²) in [5, 5.41) is 0. The van der Waals surface area contributed by atoms with Gasteiger partial charge in [0.25, 0.3) is 0 Å². The molecule has 2 rings (SSSR count). The van der Waals surface area contributed by atoms with E-state index in [1.807, 2.05) is 31.1 Å². The summed E-state index contributed by atoms with van der Waals surface area (Å²) in [4.78, 5) is 14.3. The van der Waals surface area contributed by atoms with Crippen LogP contribution in [0.5, 0.6) is 5.75 Å². The van der Waals surface area contributed by atoms with Crippen LogP contribution in [-0.2, 0) is 0 Å². The molecule has 3 nitrogen and oxygen atoms in total. The van der Waals surface area contributed by atoms with Gasteiger partial charge in [-0.15, -0.1) is 0 Å². The number of rotatable bonds is 4. The Labute approximate surface area is 117 Å². The highest BCUT2D eigenvalue weighted by Crippen LogP contribution is 2.23. The molecule has 0 aliphatic rings. The summed E-state index contributed by atoms with van der Waals surface area (Å²) in [5.74, 6) is -0.348. The van der Waals surface area contributed by atoms with Crippen LogP contribution in [0.1, 0.15) is 15.9 Å². The molecule has 0 spiro atoms. The summed E-state index contributed by atoms with van der Waals surface area (Å²) < 4.78 is 18.4. The van der Waals surface area contributed by atoms with Crippen molar-refractivity contribution >= 4 is 11.5 Å². The Hall–Kier alpha value is -2.36. The average Bonchev–Trinajstić information content (AvgIpc) is 2.46. The third kappa shape index (κ3) is 2.79. The van der Waals surface area contributed by atoms with Crippen molar-refractivity contribution in [2.45, 2.75) is 0 Å². The van der Waals surface area contributed by atoms with Crippen LogP contribution in [0.3, 0.4) is 0 Å². The van der Waals surface area contributed by atoms with Gasteiger partial charge < -0.3 is 9.64 Å². The Morgan fingerprint density at radius 2 is 1.75 bits per heavy atom. The van der Waals surface area contributed by atoms with Crippen molar-refractivity contribution in [3.05, 3.63) is 59.4 Å². The second kappa shape index (κ2) is 5.74. The second-order valence-electron chi connectivity index (χ2n) is 4.62. The van der Waals surface area contributed by atoms with E-state index in [2.05, 4.69) is 0 Å². The third-order valence-corrected chi connectivity index (χ3v) is 3.05. The summed E-state index contributed by atoms with van der Waals surface area (Å²) in [6.45, 7) is 0. The molecule has 104 valence electrons. The molecule has 0 saturated heterocycles. The first-order valence-electron chi connectivity index (χ1n) is 6.18. The van der Waals surface area contributed by atoms with Crippen LogP contribution >= 0.6 is 0 Å². The number of anilines is 1. The van der Waals surface area contributed by atoms with Gasteiger partial charge in [-0.05, 0) is 42.5 Å². The molecule has 0 fully saturated rings. The fraction of sp³-hybridized carbons (Fsp3) is 0.188. The van der Waals surface area contributed by atoms with Crippen LogP contribution in [0.25, 0.3) is 0 Å². The Kier molecular flexibility index (Phi) is 4.03. The van der Waals surface area contributed by atoms with Crippen molar-refractivity contribution in [2.24, 2.45) is 0 Å². The molecule has 0 saturated carbocycles. The molecule has 0 aliphatic heterocycles. The molecular weight excluding hydrogens is 257 g/mol. The smallest absolute Gasteiger partial charge is 0.196 e. The maximum Gasteiger partial charge on any atom is 0.196 e. The number of ketones is 1. The van der Waals surface area contributed by atoms with Crippen molar-refractivity contribution in [3.8, 4) is 5.75 Å². The average molecular weight is 273 g/mol. The highest BCUT2D eigenvalue weighted by atomic mass is 19.1. The lowest BCUT2D eigenvalue weighted by Gasteiger charge is -2.13. The number of ether oxygens (including phenoxy) is 1. The normalized spacial score (nSPS) is 10.2. The van der Waals surface area contributed by atoms with Gasteiger partial charge in [0.05, 0.1) is 12.7 Å². The maximum atomic E-state index is 13.3. The van der Waals surface area contributed by atoms with Gasteiger partial charge in [0.15, 0.2) is 5.78 Å². The van der Waals surface area contributed by atoms with Gasteiger partial charge >= 0.3 is 0 Å². The van der Waals surface area contributed by atoms with Gasteiger partial charge in [0, 0.05) is 25.3 Å². The first-order valence-corrected chi connectivity index (χ1v) is 6.18. The molecule has 0 N–H and O–H groups in total. The van der Waals surface area contributed by atoms with Crippen molar-refractivity contribution in [1.29, 1.82) is 0 Å². The maximum absolute atomic E-state index is 13.3. The molecule has 0 aromatic heterocycles. The largest absolute Gasteiger partial charge is 0.496 e. The molecule has 2 aromatic carbocycles. The minimum Gasteiger partial charge on any atom is -0.496 e. The molecule has 0 atom stereocenters. The van der Waals surface area contributed by atoms with E-state index in [4.69, 9.17) is 4.74 Å². The summed E-state index contributed by atoms with van der Waals surface area (Å²) in [6, 6.07) is 11.1. The van der Waals surface area contributed by atoms with E-state index < -0.39 is 5.82 Å². The molecule has 0 unspecified atom stereocenters. The Bertz CT molecular complexity index is 621. The van der Waals surface area contributed by atoms with Crippen LogP contribution in [0, 0.1) is 5.82 Å². The van der Waals surface area contributed by atoms with E-state index in [0.717, 1.165) is 5.69 Å². The Morgan fingerprint density at radius 3 is 2.30 bits per heavy atom. The van der Waals surface area contributed by atoms with Gasteiger partial charge in [-0.3, -0.25) is 4.79 Å². The Balaban J connectivity index is 2.38. The topological polar surface area (TPSA) is 29.5 Å². The van der Waals surface area contributed by atoms with Gasteiger partial charge in [-0.2, -0.15) is 0 Å². The molecule has 0 bridgehead atoms. The van der Waals surface area contributed by atoms with Crippen molar-refractivity contribution in [2.75, 3.05) is 26.1 Å². The number of hydrogen-bond donors (Lipinski definition) is 0. The zero-order chi connectivity index (χ0) is 14.7. The number of carbonyl (C=O) groups is 1. The lowest BCUT2D eigenvalue weighted by molar-refractivity contribution is 0.103. The zero-order valence-electron chi connectivity index (χ0n) is 11.7. The number of halogens is 1. The quantitative estimate of drug-likeness (QED) is 0.802. The van der Waals surface area contributed by atoms with Crippen LogP contribution in [0.15, 0.2) is 42.5 Å². The van der Waals surface area contributed by atoms with E-state index in [1.54, 1.807) is 12.1 Å². The minimum atomic E-state index is -0.459. The van der Waals surface area contributed by atoms with Crippen molar-refractivity contribution < 1.29 is 13.9 Å². The van der Waals surface area contributed by atoms with Gasteiger partial charge in [0.2, 0.25) is 0 Å². The predicted octanol–water partition coefficient (Wildman–Crippen LogP) is 3.13. The fourth-order valence-corrected chi connectivity index (χ4v) is 1.92. The van der Waals surface area contributed by atoms with E-state index in [-0.39, 0.29) is 11.3 Å². The molecule has 0 aliphatic carbocycles. The van der Waals surface area contributed by atoms with E-state index >= 15 is 0 Å². The van der Waals surface area contributed by atoms with Crippen LogP contribution in [0.4, 0.5) is 10.1 Å². The molecule has 0 amide bonds. The standard InChI is InChI=1S/C16H16FNO2/c1-18(2)13-7-4-11(5-8-13)16(19)14-10-12(17)6-9-15(14)20-3/h4-10H,1-3H3. The summed E-state index contributed by atoms with van der Waals surface area (Å²) >= 11 is 0. The number of carbonyl (C=O) groups excluding carboxylic acids is 1. The van der Waals surface area contributed by atoms with E-state index in [0.29, 0.717) is 11.3 Å². The molecule has 2 aromatic rings. The van der Waals surface area contributed by atoms with Gasteiger partial charge in [0.1, 0.15) is 11.6 Å². The second-order valence-corrected chi connectivity index (χ2v) is 4.62. The SMILES string of the molecule is COc1ccc(F)cc1C(=O)c1ccc(N(C)C)cc1. The molecule has 0 heterocycles. The van der Waals surface area contributed by atoms with E-state index in [9.17, 15) is 9.18 Å². The van der Waals surface area contributed by atoms with Gasteiger partial charge in [-0.1, -0.05) is 0 Å². The van der Waals surface area contributed by atoms with Crippen LogP contribution in [0.2, 0.25) is 0 Å². The van der Waals surface area contributed by atoms with Crippen LogP contribution in [-0.4, -0.2) is 27.0 Å². The minimum absolute atomic E-state index is 0.227. The first kappa shape index (κ1) is 14.1. The fourth-order valence-electron chi connectivity index (χ4n) is 1.92. The molecule has 4 heteroatoms. The monoisotopic (exact) mass is 273 g/mol. The van der Waals surface area contributed by atoms with Crippen molar-refractivity contribution in [3.63, 3.8) is 0 Å². The summed E-state index contributed by atoms with van der Waals surface area (Å²) in [7, 11) is 5.30. The lowest BCUT2D eigenvalue weighted by Crippen LogP contribution is -2.09. The summed E-state index contributed by atoms with van der Waals surface area (Å²) in [6.07, 6.45) is 0. The van der Waals surface area contributed by atoms with Crippen molar-refractivity contribution in [1.82, 2.24) is 0 Å². The predicted molar refractivity (Wildman–Crippen MR) is 77.2 cm³/mol. The third-order valence-electron chi connectivity index (χ3n) is 3.05. The first-order chi connectivity index (χ1) is 9.52. The number of nitrogens with zero attached hydrogens (tertiary/aromatic N) is 1. The molecular formula is C16H16FNO2. The molecule has 20 heavy (non-hydrogen) atoms. The molecule has 0 radical (unpaired) electrons. The highest BCUT2D eigenvalue weighted by molar-refractivity contribution is 6.10. The number of methoxy groups -OCH3 is 1. The summed E-state index contributed by atoms with van der Waals surface area (Å²) in [5.41, 5.74) is 1.72. The van der Waals surface area contributed by atoms with Gasteiger partial charge in [-0.25, -0.2) is 4.39 Å². The van der Waals surface area contributed by atoms with Crippen LogP contribution < -0.4 is 9.64 Å². The lowest BCUT2D eigenvalue weighted by atomic mass is 10.0. The number of benzene rings is 2. The van der Waals surface area contributed by atoms with E-state index in [1.165, 1.54) is 25.3 Å². The number of hydrogen-bond acceptors (Lipinski definition) is 3. The Morgan fingerprint density at radius 1 is 1.10 bits per heavy atom.